The highest BCUT2D eigenvalue weighted by Gasteiger charge is 2.30. The van der Waals surface area contributed by atoms with Crippen LogP contribution in [0.3, 0.4) is 0 Å². The van der Waals surface area contributed by atoms with Crippen molar-refractivity contribution in [3.05, 3.63) is 87.1 Å². The molecule has 1 saturated heterocycles. The summed E-state index contributed by atoms with van der Waals surface area (Å²) >= 11 is 6.30. The molecule has 0 N–H and O–H groups in total. The number of aromatic nitrogens is 1. The molecule has 4 aromatic rings. The lowest BCUT2D eigenvalue weighted by molar-refractivity contribution is -0.384. The number of anilines is 1. The number of fused-ring (bicyclic) bond motifs is 1. The number of benzene rings is 3. The molecule has 0 unspecified atom stereocenters. The third-order valence-electron chi connectivity index (χ3n) is 6.17. The minimum Gasteiger partial charge on any atom is -0.367 e. The van der Waals surface area contributed by atoms with Crippen molar-refractivity contribution >= 4 is 39.7 Å². The molecule has 172 valence electrons. The molecule has 0 saturated carbocycles. The molecule has 1 aromatic heterocycles. The second kappa shape index (κ2) is 8.79. The van der Waals surface area contributed by atoms with Gasteiger partial charge in [-0.1, -0.05) is 59.2 Å². The van der Waals surface area contributed by atoms with Crippen LogP contribution >= 0.6 is 11.6 Å². The third-order valence-corrected chi connectivity index (χ3v) is 6.47. The van der Waals surface area contributed by atoms with E-state index < -0.39 is 4.92 Å². The molecule has 2 heterocycles. The fourth-order valence-electron chi connectivity index (χ4n) is 4.41. The monoisotopic (exact) mass is 476 g/mol. The van der Waals surface area contributed by atoms with Crippen molar-refractivity contribution < 1.29 is 14.2 Å². The third kappa shape index (κ3) is 3.86. The fourth-order valence-corrected chi connectivity index (χ4v) is 4.71. The van der Waals surface area contributed by atoms with E-state index in [4.69, 9.17) is 16.1 Å². The zero-order valence-corrected chi connectivity index (χ0v) is 19.2. The number of carbonyl (C=O) groups is 1. The van der Waals surface area contributed by atoms with Crippen molar-refractivity contribution in [1.29, 1.82) is 0 Å². The van der Waals surface area contributed by atoms with Crippen molar-refractivity contribution in [3.8, 4) is 11.3 Å². The highest BCUT2D eigenvalue weighted by molar-refractivity contribution is 6.33. The Hall–Kier alpha value is -3.91. The summed E-state index contributed by atoms with van der Waals surface area (Å²) in [6, 6.07) is 18.3. The summed E-state index contributed by atoms with van der Waals surface area (Å²) in [5.74, 6) is 0.352. The minimum atomic E-state index is -0.471. The first-order chi connectivity index (χ1) is 16.4. The van der Waals surface area contributed by atoms with Gasteiger partial charge in [-0.05, 0) is 23.8 Å². The minimum absolute atomic E-state index is 0.0496. The molecule has 0 bridgehead atoms. The van der Waals surface area contributed by atoms with Crippen molar-refractivity contribution in [2.75, 3.05) is 31.1 Å². The highest BCUT2D eigenvalue weighted by atomic mass is 35.5. The smallest absolute Gasteiger partial charge is 0.271 e. The molecule has 3 aromatic carbocycles. The number of halogens is 1. The van der Waals surface area contributed by atoms with E-state index in [1.165, 1.54) is 12.1 Å². The molecule has 0 atom stereocenters. The van der Waals surface area contributed by atoms with E-state index in [-0.39, 0.29) is 11.6 Å². The van der Waals surface area contributed by atoms with Crippen LogP contribution < -0.4 is 4.90 Å². The number of nitro groups is 1. The Kier molecular flexibility index (Phi) is 5.67. The van der Waals surface area contributed by atoms with E-state index in [1.807, 2.05) is 47.4 Å². The quantitative estimate of drug-likeness (QED) is 0.292. The summed E-state index contributed by atoms with van der Waals surface area (Å²) in [6.45, 7) is 3.81. The lowest BCUT2D eigenvalue weighted by Crippen LogP contribution is -2.49. The van der Waals surface area contributed by atoms with E-state index in [2.05, 4.69) is 5.16 Å². The standard InChI is InChI=1S/C25H21ClN4O4/c1-16-23(24(27-34-16)20-8-4-6-17-5-2-3-7-19(17)20)25(31)29-13-11-28(12-14-29)22-10-9-18(30(32)33)15-21(22)26/h2-10,15H,11-14H2,1H3. The van der Waals surface area contributed by atoms with Crippen LogP contribution in [-0.2, 0) is 0 Å². The number of nitrogens with zero attached hydrogens (tertiary/aromatic N) is 4. The van der Waals surface area contributed by atoms with Gasteiger partial charge in [-0.25, -0.2) is 0 Å². The molecule has 9 heteroatoms. The van der Waals surface area contributed by atoms with Crippen molar-refractivity contribution in [2.45, 2.75) is 6.92 Å². The summed E-state index contributed by atoms with van der Waals surface area (Å²) in [5.41, 5.74) is 2.54. The summed E-state index contributed by atoms with van der Waals surface area (Å²) < 4.78 is 5.47. The van der Waals surface area contributed by atoms with E-state index in [1.54, 1.807) is 17.9 Å². The van der Waals surface area contributed by atoms with Gasteiger partial charge in [-0.2, -0.15) is 0 Å². The van der Waals surface area contributed by atoms with Crippen LogP contribution in [0.2, 0.25) is 5.02 Å². The van der Waals surface area contributed by atoms with Crippen molar-refractivity contribution in [2.24, 2.45) is 0 Å². The predicted octanol–water partition coefficient (Wildman–Crippen LogP) is 5.33. The Morgan fingerprint density at radius 1 is 1.06 bits per heavy atom. The van der Waals surface area contributed by atoms with Crippen LogP contribution in [0.1, 0.15) is 16.1 Å². The number of hydrogen-bond donors (Lipinski definition) is 0. The molecular weight excluding hydrogens is 456 g/mol. The summed E-state index contributed by atoms with van der Waals surface area (Å²) in [4.78, 5) is 27.9. The number of piperazine rings is 1. The lowest BCUT2D eigenvalue weighted by atomic mass is 9.98. The normalized spacial score (nSPS) is 13.9. The fraction of sp³-hybridized carbons (Fsp3) is 0.200. The molecule has 1 aliphatic rings. The van der Waals surface area contributed by atoms with Gasteiger partial charge in [0, 0.05) is 43.9 Å². The number of non-ortho nitro benzene ring substituents is 1. The van der Waals surface area contributed by atoms with Crippen LogP contribution in [0.15, 0.2) is 65.2 Å². The lowest BCUT2D eigenvalue weighted by Gasteiger charge is -2.36. The molecule has 1 fully saturated rings. The number of aryl methyl sites for hydroxylation is 1. The molecule has 0 radical (unpaired) electrons. The number of hydrogen-bond acceptors (Lipinski definition) is 6. The number of carbonyl (C=O) groups excluding carboxylic acids is 1. The van der Waals surface area contributed by atoms with Gasteiger partial charge in [0.2, 0.25) is 0 Å². The predicted molar refractivity (Wildman–Crippen MR) is 130 cm³/mol. The van der Waals surface area contributed by atoms with Crippen molar-refractivity contribution in [1.82, 2.24) is 10.1 Å². The average Bonchev–Trinajstić information content (AvgIpc) is 3.24. The Balaban J connectivity index is 1.38. The van der Waals surface area contributed by atoms with Gasteiger partial charge in [0.15, 0.2) is 0 Å². The maximum atomic E-state index is 13.5. The molecule has 1 aliphatic heterocycles. The molecule has 34 heavy (non-hydrogen) atoms. The highest BCUT2D eigenvalue weighted by Crippen LogP contribution is 2.34. The molecule has 0 aliphatic carbocycles. The maximum Gasteiger partial charge on any atom is 0.271 e. The SMILES string of the molecule is Cc1onc(-c2cccc3ccccc23)c1C(=O)N1CCN(c2ccc([N+](=O)[O-])cc2Cl)CC1. The topological polar surface area (TPSA) is 92.7 Å². The van der Waals surface area contributed by atoms with Gasteiger partial charge in [0.25, 0.3) is 11.6 Å². The van der Waals surface area contributed by atoms with Gasteiger partial charge < -0.3 is 14.3 Å². The molecule has 1 amide bonds. The van der Waals surface area contributed by atoms with Crippen LogP contribution in [0.5, 0.6) is 0 Å². The summed E-state index contributed by atoms with van der Waals surface area (Å²) in [6.07, 6.45) is 0. The maximum absolute atomic E-state index is 13.5. The second-order valence-electron chi connectivity index (χ2n) is 8.16. The van der Waals surface area contributed by atoms with Gasteiger partial charge in [0.1, 0.15) is 17.0 Å². The number of amides is 1. The Morgan fingerprint density at radius 2 is 1.79 bits per heavy atom. The summed E-state index contributed by atoms with van der Waals surface area (Å²) in [7, 11) is 0. The Morgan fingerprint density at radius 3 is 2.53 bits per heavy atom. The van der Waals surface area contributed by atoms with Crippen molar-refractivity contribution in [3.63, 3.8) is 0 Å². The first kappa shape index (κ1) is 21.9. The van der Waals surface area contributed by atoms with Crippen LogP contribution in [0, 0.1) is 17.0 Å². The largest absolute Gasteiger partial charge is 0.367 e. The van der Waals surface area contributed by atoms with Gasteiger partial charge in [0.05, 0.1) is 15.6 Å². The number of nitro benzene ring substituents is 1. The molecule has 8 nitrogen and oxygen atoms in total. The molecule has 5 rings (SSSR count). The zero-order valence-electron chi connectivity index (χ0n) is 18.4. The van der Waals surface area contributed by atoms with Gasteiger partial charge in [-0.3, -0.25) is 14.9 Å². The van der Waals surface area contributed by atoms with Crippen LogP contribution in [0.25, 0.3) is 22.0 Å². The number of rotatable bonds is 4. The first-order valence-electron chi connectivity index (χ1n) is 10.9. The van der Waals surface area contributed by atoms with E-state index in [0.717, 1.165) is 22.0 Å². The Labute approximate surface area is 200 Å². The summed E-state index contributed by atoms with van der Waals surface area (Å²) in [5, 5.41) is 17.6. The van der Waals surface area contributed by atoms with E-state index in [9.17, 15) is 14.9 Å². The van der Waals surface area contributed by atoms with Crippen LogP contribution in [-0.4, -0.2) is 47.1 Å². The second-order valence-corrected chi connectivity index (χ2v) is 8.57. The van der Waals surface area contributed by atoms with E-state index in [0.29, 0.717) is 48.2 Å². The zero-order chi connectivity index (χ0) is 23.8. The van der Waals surface area contributed by atoms with Gasteiger partial charge >= 0.3 is 0 Å². The molecular formula is C25H21ClN4O4. The average molecular weight is 477 g/mol. The molecule has 0 spiro atoms. The van der Waals surface area contributed by atoms with E-state index >= 15 is 0 Å². The first-order valence-corrected chi connectivity index (χ1v) is 11.2. The Bertz CT molecular complexity index is 1400. The van der Waals surface area contributed by atoms with Crippen LogP contribution in [0.4, 0.5) is 11.4 Å². The van der Waals surface area contributed by atoms with Gasteiger partial charge in [-0.15, -0.1) is 0 Å².